The highest BCUT2D eigenvalue weighted by molar-refractivity contribution is 5.20. The zero-order valence-corrected chi connectivity index (χ0v) is 11.5. The van der Waals surface area contributed by atoms with Crippen molar-refractivity contribution in [2.24, 2.45) is 5.92 Å². The molecule has 0 aliphatic heterocycles. The van der Waals surface area contributed by atoms with Crippen LogP contribution in [0.5, 0.6) is 0 Å². The van der Waals surface area contributed by atoms with Crippen LogP contribution < -0.4 is 5.32 Å². The summed E-state index contributed by atoms with van der Waals surface area (Å²) in [6.45, 7) is 7.74. The molecule has 0 aromatic carbocycles. The summed E-state index contributed by atoms with van der Waals surface area (Å²) in [6.07, 6.45) is 4.38. The Labute approximate surface area is 108 Å². The smallest absolute Gasteiger partial charge is 0.321 e. The molecule has 1 heterocycles. The average Bonchev–Trinajstić information content (AvgIpc) is 2.79. The van der Waals surface area contributed by atoms with Gasteiger partial charge in [0.1, 0.15) is 5.60 Å². The van der Waals surface area contributed by atoms with E-state index in [-0.39, 0.29) is 5.60 Å². The van der Waals surface area contributed by atoms with Crippen LogP contribution in [-0.4, -0.2) is 23.3 Å². The maximum atomic E-state index is 6.01. The van der Waals surface area contributed by atoms with Gasteiger partial charge in [-0.15, -0.1) is 0 Å². The monoisotopic (exact) mass is 253 g/mol. The highest BCUT2D eigenvalue weighted by Crippen LogP contribution is 2.41. The molecule has 5 nitrogen and oxygen atoms in total. The van der Waals surface area contributed by atoms with Gasteiger partial charge in [-0.25, -0.2) is 0 Å². The maximum Gasteiger partial charge on any atom is 0.321 e. The summed E-state index contributed by atoms with van der Waals surface area (Å²) < 4.78 is 11.2. The molecule has 5 heteroatoms. The van der Waals surface area contributed by atoms with Crippen LogP contribution >= 0.6 is 0 Å². The van der Waals surface area contributed by atoms with Crippen molar-refractivity contribution >= 4 is 6.01 Å². The molecule has 1 fully saturated rings. The number of ether oxygens (including phenoxy) is 1. The second-order valence-corrected chi connectivity index (χ2v) is 5.08. The lowest BCUT2D eigenvalue weighted by atomic mass is 9.78. The van der Waals surface area contributed by atoms with E-state index in [1.165, 1.54) is 6.42 Å². The Balaban J connectivity index is 2.21. The van der Waals surface area contributed by atoms with Gasteiger partial charge in [-0.1, -0.05) is 18.5 Å². The van der Waals surface area contributed by atoms with Crippen molar-refractivity contribution in [2.45, 2.75) is 52.1 Å². The molecule has 18 heavy (non-hydrogen) atoms. The molecule has 1 aromatic heterocycles. The average molecular weight is 253 g/mol. The molecule has 1 aliphatic rings. The molecule has 0 radical (unpaired) electrons. The van der Waals surface area contributed by atoms with Crippen molar-refractivity contribution in [1.82, 2.24) is 10.1 Å². The minimum atomic E-state index is -0.344. The van der Waals surface area contributed by atoms with E-state index in [1.807, 2.05) is 13.8 Å². The topological polar surface area (TPSA) is 60.2 Å². The Bertz CT molecular complexity index is 376. The van der Waals surface area contributed by atoms with Crippen LogP contribution in [0.4, 0.5) is 6.01 Å². The first-order valence-electron chi connectivity index (χ1n) is 6.92. The van der Waals surface area contributed by atoms with Crippen molar-refractivity contribution in [3.8, 4) is 0 Å². The first-order valence-corrected chi connectivity index (χ1v) is 6.92. The van der Waals surface area contributed by atoms with Crippen molar-refractivity contribution < 1.29 is 9.26 Å². The summed E-state index contributed by atoms with van der Waals surface area (Å²) in [5, 5.41) is 7.15. The summed E-state index contributed by atoms with van der Waals surface area (Å²) in [4.78, 5) is 4.43. The van der Waals surface area contributed by atoms with Crippen LogP contribution in [0.2, 0.25) is 0 Å². The van der Waals surface area contributed by atoms with Gasteiger partial charge in [0.2, 0.25) is 5.82 Å². The van der Waals surface area contributed by atoms with Crippen LogP contribution in [-0.2, 0) is 10.3 Å². The Hall–Kier alpha value is -1.10. The lowest BCUT2D eigenvalue weighted by Gasteiger charge is -2.37. The molecule has 2 atom stereocenters. The van der Waals surface area contributed by atoms with E-state index in [4.69, 9.17) is 9.26 Å². The third kappa shape index (κ3) is 2.66. The number of nitrogens with one attached hydrogen (secondary N) is 1. The lowest BCUT2D eigenvalue weighted by molar-refractivity contribution is -0.0891. The minimum Gasteiger partial charge on any atom is -0.367 e. The fourth-order valence-electron chi connectivity index (χ4n) is 2.81. The Morgan fingerprint density at radius 3 is 3.00 bits per heavy atom. The molecule has 102 valence electrons. The lowest BCUT2D eigenvalue weighted by Crippen LogP contribution is -2.36. The number of aromatic nitrogens is 2. The van der Waals surface area contributed by atoms with Crippen LogP contribution in [0.15, 0.2) is 4.52 Å². The van der Waals surface area contributed by atoms with E-state index < -0.39 is 0 Å². The first-order chi connectivity index (χ1) is 8.70. The Morgan fingerprint density at radius 1 is 1.50 bits per heavy atom. The molecule has 0 spiro atoms. The minimum absolute atomic E-state index is 0.344. The number of hydrogen-bond donors (Lipinski definition) is 1. The normalized spacial score (nSPS) is 28.3. The zero-order chi connectivity index (χ0) is 13.0. The standard InChI is InChI=1S/C13H23N3O2/c1-4-14-12-15-11(16-18-12)13(17-5-2)8-6-7-10(3)9-13/h10H,4-9H2,1-3H3,(H,14,15,16). The number of hydrogen-bond acceptors (Lipinski definition) is 5. The Morgan fingerprint density at radius 2 is 2.33 bits per heavy atom. The number of nitrogens with zero attached hydrogens (tertiary/aromatic N) is 2. The third-order valence-corrected chi connectivity index (χ3v) is 3.54. The molecule has 0 saturated heterocycles. The number of rotatable bonds is 5. The molecule has 1 N–H and O–H groups in total. The summed E-state index contributed by atoms with van der Waals surface area (Å²) in [5.74, 6) is 1.35. The van der Waals surface area contributed by atoms with E-state index in [0.717, 1.165) is 25.8 Å². The SMILES string of the molecule is CCNc1nc(C2(OCC)CCCC(C)C2)no1. The fourth-order valence-corrected chi connectivity index (χ4v) is 2.81. The molecular formula is C13H23N3O2. The molecule has 1 aliphatic carbocycles. The number of anilines is 1. The van der Waals surface area contributed by atoms with Crippen molar-refractivity contribution in [1.29, 1.82) is 0 Å². The molecular weight excluding hydrogens is 230 g/mol. The summed E-state index contributed by atoms with van der Waals surface area (Å²) in [7, 11) is 0. The zero-order valence-electron chi connectivity index (χ0n) is 11.5. The third-order valence-electron chi connectivity index (χ3n) is 3.54. The second-order valence-electron chi connectivity index (χ2n) is 5.08. The predicted molar refractivity (Wildman–Crippen MR) is 69.4 cm³/mol. The van der Waals surface area contributed by atoms with Crippen LogP contribution in [0.25, 0.3) is 0 Å². The van der Waals surface area contributed by atoms with Crippen LogP contribution in [0, 0.1) is 5.92 Å². The molecule has 0 bridgehead atoms. The van der Waals surface area contributed by atoms with E-state index in [9.17, 15) is 0 Å². The van der Waals surface area contributed by atoms with Crippen LogP contribution in [0.3, 0.4) is 0 Å². The molecule has 0 amide bonds. The maximum absolute atomic E-state index is 6.01. The largest absolute Gasteiger partial charge is 0.367 e. The van der Waals surface area contributed by atoms with E-state index in [0.29, 0.717) is 24.4 Å². The van der Waals surface area contributed by atoms with E-state index >= 15 is 0 Å². The van der Waals surface area contributed by atoms with Gasteiger partial charge in [0.25, 0.3) is 0 Å². The van der Waals surface area contributed by atoms with E-state index in [1.54, 1.807) is 0 Å². The van der Waals surface area contributed by atoms with Gasteiger partial charge in [0.05, 0.1) is 0 Å². The van der Waals surface area contributed by atoms with Gasteiger partial charge in [-0.3, -0.25) is 0 Å². The first kappa shape index (κ1) is 13.3. The fraction of sp³-hybridized carbons (Fsp3) is 0.846. The van der Waals surface area contributed by atoms with Gasteiger partial charge in [0, 0.05) is 13.2 Å². The van der Waals surface area contributed by atoms with E-state index in [2.05, 4.69) is 22.4 Å². The van der Waals surface area contributed by atoms with Crippen molar-refractivity contribution in [2.75, 3.05) is 18.5 Å². The summed E-state index contributed by atoms with van der Waals surface area (Å²) in [6, 6.07) is 0.491. The van der Waals surface area contributed by atoms with Gasteiger partial charge in [0.15, 0.2) is 0 Å². The quantitative estimate of drug-likeness (QED) is 0.874. The molecule has 1 aromatic rings. The highest BCUT2D eigenvalue weighted by atomic mass is 16.5. The van der Waals surface area contributed by atoms with Gasteiger partial charge in [-0.05, 0) is 39.0 Å². The second kappa shape index (κ2) is 5.69. The predicted octanol–water partition coefficient (Wildman–Crippen LogP) is 2.94. The summed E-state index contributed by atoms with van der Waals surface area (Å²) >= 11 is 0. The van der Waals surface area contributed by atoms with Crippen LogP contribution in [0.1, 0.15) is 52.3 Å². The molecule has 2 unspecified atom stereocenters. The van der Waals surface area contributed by atoms with Gasteiger partial charge in [-0.2, -0.15) is 4.98 Å². The van der Waals surface area contributed by atoms with Gasteiger partial charge >= 0.3 is 6.01 Å². The Kier molecular flexibility index (Phi) is 4.22. The molecule has 1 saturated carbocycles. The van der Waals surface area contributed by atoms with Gasteiger partial charge < -0.3 is 14.6 Å². The highest BCUT2D eigenvalue weighted by Gasteiger charge is 2.41. The summed E-state index contributed by atoms with van der Waals surface area (Å²) in [5.41, 5.74) is -0.344. The molecule has 2 rings (SSSR count). The van der Waals surface area contributed by atoms with Crippen molar-refractivity contribution in [3.05, 3.63) is 5.82 Å². The van der Waals surface area contributed by atoms with Crippen molar-refractivity contribution in [3.63, 3.8) is 0 Å².